The molecule has 1 saturated carbocycles. The van der Waals surface area contributed by atoms with Crippen molar-refractivity contribution in [2.75, 3.05) is 10.2 Å². The molecule has 0 saturated heterocycles. The van der Waals surface area contributed by atoms with Crippen molar-refractivity contribution in [3.8, 4) is 11.3 Å². The van der Waals surface area contributed by atoms with E-state index in [1.54, 1.807) is 23.5 Å². The third kappa shape index (κ3) is 6.23. The molecule has 0 radical (unpaired) electrons. The van der Waals surface area contributed by atoms with E-state index in [1.165, 1.54) is 37.7 Å². The van der Waals surface area contributed by atoms with Crippen molar-refractivity contribution in [2.45, 2.75) is 57.9 Å². The number of amides is 1. The van der Waals surface area contributed by atoms with Crippen LogP contribution in [0.4, 0.5) is 16.5 Å². The number of anilines is 3. The summed E-state index contributed by atoms with van der Waals surface area (Å²) in [6, 6.07) is 21.4. The van der Waals surface area contributed by atoms with E-state index < -0.39 is 0 Å². The van der Waals surface area contributed by atoms with Gasteiger partial charge in [-0.2, -0.15) is 0 Å². The fourth-order valence-electron chi connectivity index (χ4n) is 5.17. The van der Waals surface area contributed by atoms with Gasteiger partial charge in [-0.25, -0.2) is 4.98 Å². The number of aromatic nitrogens is 1. The quantitative estimate of drug-likeness (QED) is 0.219. The van der Waals surface area contributed by atoms with Crippen molar-refractivity contribution < 1.29 is 9.59 Å². The molecule has 0 spiro atoms. The second kappa shape index (κ2) is 12.1. The maximum Gasteiger partial charge on any atom is 0.255 e. The van der Waals surface area contributed by atoms with E-state index in [4.69, 9.17) is 16.6 Å². The summed E-state index contributed by atoms with van der Waals surface area (Å²) in [5, 5.41) is 6.29. The Morgan fingerprint density at radius 2 is 1.74 bits per heavy atom. The zero-order chi connectivity index (χ0) is 27.4. The highest BCUT2D eigenvalue weighted by Crippen LogP contribution is 2.36. The highest BCUT2D eigenvalue weighted by molar-refractivity contribution is 7.14. The number of nitrogens with zero attached hydrogens (tertiary/aromatic N) is 2. The Balaban J connectivity index is 1.26. The van der Waals surface area contributed by atoms with Crippen LogP contribution in [-0.2, 0) is 0 Å². The maximum atomic E-state index is 12.8. The third-order valence-corrected chi connectivity index (χ3v) is 8.46. The maximum absolute atomic E-state index is 12.8. The molecule has 1 aliphatic rings. The minimum Gasteiger partial charge on any atom is -0.322 e. The normalized spacial score (nSPS) is 13.8. The predicted octanol–water partition coefficient (Wildman–Crippen LogP) is 9.12. The largest absolute Gasteiger partial charge is 0.322 e. The van der Waals surface area contributed by atoms with E-state index in [0.29, 0.717) is 22.1 Å². The molecule has 0 aliphatic heterocycles. The van der Waals surface area contributed by atoms with Gasteiger partial charge < -0.3 is 10.2 Å². The molecule has 0 atom stereocenters. The molecule has 1 fully saturated rings. The van der Waals surface area contributed by atoms with Crippen LogP contribution in [0.15, 0.2) is 72.1 Å². The molecule has 4 aromatic rings. The van der Waals surface area contributed by atoms with E-state index in [2.05, 4.69) is 36.2 Å². The molecule has 1 aliphatic carbocycles. The topological polar surface area (TPSA) is 62.3 Å². The van der Waals surface area contributed by atoms with Gasteiger partial charge in [-0.15, -0.1) is 11.3 Å². The van der Waals surface area contributed by atoms with Crippen molar-refractivity contribution in [2.24, 2.45) is 0 Å². The Bertz CT molecular complexity index is 1440. The number of carbonyl (C=O) groups is 2. The first-order valence-corrected chi connectivity index (χ1v) is 14.7. The Kier molecular flexibility index (Phi) is 8.44. The highest BCUT2D eigenvalue weighted by atomic mass is 35.5. The van der Waals surface area contributed by atoms with Gasteiger partial charge in [0, 0.05) is 39.5 Å². The Morgan fingerprint density at radius 3 is 2.38 bits per heavy atom. The standard InChI is InChI=1S/C32H32ClN3O2S/c1-21(2)36(28-17-14-26(19-37)29(33)18-28)32-35-30(20-39-32)24-12-15-27(16-13-24)34-31(38)25-10-8-23(9-11-25)22-6-4-3-5-7-22/h8-22H,3-7H2,1-2H3,(H,34,38). The van der Waals surface area contributed by atoms with E-state index in [0.717, 1.165) is 34.0 Å². The van der Waals surface area contributed by atoms with Gasteiger partial charge in [0.2, 0.25) is 0 Å². The van der Waals surface area contributed by atoms with Gasteiger partial charge in [-0.05, 0) is 80.6 Å². The molecule has 1 heterocycles. The second-order valence-electron chi connectivity index (χ2n) is 10.3. The first-order chi connectivity index (χ1) is 18.9. The predicted molar refractivity (Wildman–Crippen MR) is 162 cm³/mol. The molecular formula is C32H32ClN3O2S. The lowest BCUT2D eigenvalue weighted by atomic mass is 9.84. The Hall–Kier alpha value is -3.48. The zero-order valence-electron chi connectivity index (χ0n) is 22.2. The average Bonchev–Trinajstić information content (AvgIpc) is 3.43. The van der Waals surface area contributed by atoms with Gasteiger partial charge in [-0.3, -0.25) is 9.59 Å². The van der Waals surface area contributed by atoms with Crippen LogP contribution >= 0.6 is 22.9 Å². The number of halogens is 1. The molecule has 39 heavy (non-hydrogen) atoms. The number of nitrogens with one attached hydrogen (secondary N) is 1. The molecule has 0 bridgehead atoms. The fraction of sp³-hybridized carbons (Fsp3) is 0.281. The number of benzene rings is 3. The molecule has 1 N–H and O–H groups in total. The molecule has 1 aromatic heterocycles. The van der Waals surface area contributed by atoms with Gasteiger partial charge in [-0.1, -0.05) is 55.1 Å². The fourth-order valence-corrected chi connectivity index (χ4v) is 6.37. The molecule has 200 valence electrons. The third-order valence-electron chi connectivity index (χ3n) is 7.29. The van der Waals surface area contributed by atoms with Crippen molar-refractivity contribution in [3.63, 3.8) is 0 Å². The minimum absolute atomic E-state index is 0.110. The summed E-state index contributed by atoms with van der Waals surface area (Å²) < 4.78 is 0. The zero-order valence-corrected chi connectivity index (χ0v) is 23.8. The lowest BCUT2D eigenvalue weighted by Crippen LogP contribution is -2.25. The Morgan fingerprint density at radius 1 is 1.03 bits per heavy atom. The van der Waals surface area contributed by atoms with Crippen LogP contribution in [0, 0.1) is 0 Å². The van der Waals surface area contributed by atoms with E-state index >= 15 is 0 Å². The van der Waals surface area contributed by atoms with Crippen LogP contribution in [-0.4, -0.2) is 23.2 Å². The monoisotopic (exact) mass is 557 g/mol. The first kappa shape index (κ1) is 27.1. The molecule has 0 unspecified atom stereocenters. The molecule has 1 amide bonds. The number of aldehydes is 1. The van der Waals surface area contributed by atoms with Crippen LogP contribution in [0.2, 0.25) is 5.02 Å². The van der Waals surface area contributed by atoms with Crippen LogP contribution in [0.25, 0.3) is 11.3 Å². The van der Waals surface area contributed by atoms with Crippen LogP contribution < -0.4 is 10.2 Å². The molecule has 7 heteroatoms. The summed E-state index contributed by atoms with van der Waals surface area (Å²) in [6.07, 6.45) is 7.18. The smallest absolute Gasteiger partial charge is 0.255 e. The average molecular weight is 558 g/mol. The minimum atomic E-state index is -0.110. The van der Waals surface area contributed by atoms with Crippen LogP contribution in [0.3, 0.4) is 0 Å². The summed E-state index contributed by atoms with van der Waals surface area (Å²) in [5.74, 6) is 0.517. The van der Waals surface area contributed by atoms with Gasteiger partial charge in [0.25, 0.3) is 5.91 Å². The number of rotatable bonds is 8. The van der Waals surface area contributed by atoms with Crippen molar-refractivity contribution >= 4 is 51.6 Å². The molecular weight excluding hydrogens is 526 g/mol. The van der Waals surface area contributed by atoms with Gasteiger partial charge in [0.15, 0.2) is 11.4 Å². The number of thiazole rings is 1. The summed E-state index contributed by atoms with van der Waals surface area (Å²) in [5.41, 5.74) is 5.91. The summed E-state index contributed by atoms with van der Waals surface area (Å²) in [4.78, 5) is 31.0. The van der Waals surface area contributed by atoms with E-state index in [9.17, 15) is 9.59 Å². The highest BCUT2D eigenvalue weighted by Gasteiger charge is 2.19. The van der Waals surface area contributed by atoms with Crippen LogP contribution in [0.5, 0.6) is 0 Å². The molecule has 5 nitrogen and oxygen atoms in total. The first-order valence-electron chi connectivity index (χ1n) is 13.4. The van der Waals surface area contributed by atoms with Gasteiger partial charge >= 0.3 is 0 Å². The number of carbonyl (C=O) groups excluding carboxylic acids is 2. The second-order valence-corrected chi connectivity index (χ2v) is 11.5. The molecule has 3 aromatic carbocycles. The van der Waals surface area contributed by atoms with Crippen molar-refractivity contribution in [1.82, 2.24) is 4.98 Å². The van der Waals surface area contributed by atoms with Gasteiger partial charge in [0.05, 0.1) is 10.7 Å². The SMILES string of the molecule is CC(C)N(c1ccc(C=O)c(Cl)c1)c1nc(-c2ccc(NC(=O)c3ccc(C4CCCCC4)cc3)cc2)cs1. The summed E-state index contributed by atoms with van der Waals surface area (Å²) in [6.45, 7) is 4.17. The lowest BCUT2D eigenvalue weighted by Gasteiger charge is -2.26. The number of hydrogen-bond acceptors (Lipinski definition) is 5. The van der Waals surface area contributed by atoms with E-state index in [1.807, 2.05) is 47.8 Å². The van der Waals surface area contributed by atoms with Crippen molar-refractivity contribution in [1.29, 1.82) is 0 Å². The van der Waals surface area contributed by atoms with E-state index in [-0.39, 0.29) is 11.9 Å². The number of hydrogen-bond donors (Lipinski definition) is 1. The summed E-state index contributed by atoms with van der Waals surface area (Å²) in [7, 11) is 0. The lowest BCUT2D eigenvalue weighted by molar-refractivity contribution is 0.102. The summed E-state index contributed by atoms with van der Waals surface area (Å²) >= 11 is 7.84. The van der Waals surface area contributed by atoms with Crippen LogP contribution in [0.1, 0.15) is 78.1 Å². The van der Waals surface area contributed by atoms with Crippen molar-refractivity contribution in [3.05, 3.63) is 93.8 Å². The molecule has 5 rings (SSSR count). The Labute approximate surface area is 238 Å². The van der Waals surface area contributed by atoms with Gasteiger partial charge in [0.1, 0.15) is 0 Å².